The molecule has 2 aromatic carbocycles. The average molecular weight is 430 g/mol. The first-order valence-electron chi connectivity index (χ1n) is 9.89. The van der Waals surface area contributed by atoms with Crippen LogP contribution in [0.3, 0.4) is 0 Å². The van der Waals surface area contributed by atoms with E-state index in [4.69, 9.17) is 4.74 Å². The average Bonchev–Trinajstić information content (AvgIpc) is 2.78. The summed E-state index contributed by atoms with van der Waals surface area (Å²) in [5, 5.41) is 0. The first kappa shape index (κ1) is 22.4. The molecular formula is C23H25F3N4O. The summed E-state index contributed by atoms with van der Waals surface area (Å²) in [6, 6.07) is 14.6. The van der Waals surface area contributed by atoms with Gasteiger partial charge in [0.25, 0.3) is 0 Å². The smallest absolute Gasteiger partial charge is 0.421 e. The maximum Gasteiger partial charge on any atom is 0.421 e. The minimum atomic E-state index is -4.58. The van der Waals surface area contributed by atoms with Crippen LogP contribution in [-0.4, -0.2) is 31.2 Å². The quantitative estimate of drug-likeness (QED) is 0.460. The number of alkyl halides is 3. The highest BCUT2D eigenvalue weighted by molar-refractivity contribution is 5.66. The number of ether oxygens (including phenoxy) is 1. The molecule has 0 saturated heterocycles. The molecule has 0 aliphatic heterocycles. The minimum absolute atomic E-state index is 0.155. The number of rotatable bonds is 7. The van der Waals surface area contributed by atoms with E-state index >= 15 is 0 Å². The first-order chi connectivity index (χ1) is 14.7. The van der Waals surface area contributed by atoms with Crippen molar-refractivity contribution in [2.45, 2.75) is 25.9 Å². The number of halogens is 3. The second-order valence-corrected chi connectivity index (χ2v) is 7.14. The third-order valence-corrected chi connectivity index (χ3v) is 5.00. The van der Waals surface area contributed by atoms with Gasteiger partial charge in [-0.3, -0.25) is 0 Å². The molecule has 0 N–H and O–H groups in total. The second kappa shape index (κ2) is 9.24. The van der Waals surface area contributed by atoms with Crippen molar-refractivity contribution in [3.8, 4) is 5.75 Å². The highest BCUT2D eigenvalue weighted by Crippen LogP contribution is 2.38. The van der Waals surface area contributed by atoms with Crippen LogP contribution in [0.5, 0.6) is 5.75 Å². The zero-order valence-electron chi connectivity index (χ0n) is 17.9. The maximum absolute atomic E-state index is 13.7. The Bertz CT molecular complexity index is 1000. The van der Waals surface area contributed by atoms with Gasteiger partial charge in [-0.1, -0.05) is 25.5 Å². The van der Waals surface area contributed by atoms with Crippen molar-refractivity contribution in [2.75, 3.05) is 31.0 Å². The lowest BCUT2D eigenvalue weighted by atomic mass is 10.1. The minimum Gasteiger partial charge on any atom is -0.497 e. The van der Waals surface area contributed by atoms with Gasteiger partial charge in [0.2, 0.25) is 5.95 Å². The standard InChI is InChI=1S/C23H25F3N4O/c1-5-6-16-7-9-17(10-8-16)29(2)21-20(23(24,25)26)15-27-22(28-21)30(3)18-11-13-19(31-4)14-12-18/h7-15H,5-6H2,1-4H3. The number of hydrogen-bond donors (Lipinski definition) is 0. The fourth-order valence-corrected chi connectivity index (χ4v) is 3.20. The molecule has 0 spiro atoms. The van der Waals surface area contributed by atoms with E-state index in [1.54, 1.807) is 62.5 Å². The summed E-state index contributed by atoms with van der Waals surface area (Å²) in [4.78, 5) is 11.3. The van der Waals surface area contributed by atoms with Gasteiger partial charge in [-0.05, 0) is 48.4 Å². The van der Waals surface area contributed by atoms with Crippen LogP contribution >= 0.6 is 0 Å². The van der Waals surface area contributed by atoms with Crippen molar-refractivity contribution in [2.24, 2.45) is 0 Å². The molecule has 1 aromatic heterocycles. The van der Waals surface area contributed by atoms with E-state index in [0.29, 0.717) is 11.4 Å². The van der Waals surface area contributed by atoms with Crippen LogP contribution in [0.15, 0.2) is 54.7 Å². The predicted octanol–water partition coefficient (Wildman–Crippen LogP) is 5.99. The molecule has 3 rings (SSSR count). The van der Waals surface area contributed by atoms with Gasteiger partial charge in [0.15, 0.2) is 5.82 Å². The number of benzene rings is 2. The van der Waals surface area contributed by atoms with E-state index in [9.17, 15) is 13.2 Å². The Morgan fingerprint density at radius 2 is 1.48 bits per heavy atom. The van der Waals surface area contributed by atoms with Gasteiger partial charge >= 0.3 is 6.18 Å². The van der Waals surface area contributed by atoms with Crippen LogP contribution in [-0.2, 0) is 12.6 Å². The lowest BCUT2D eigenvalue weighted by molar-refractivity contribution is -0.137. The zero-order valence-corrected chi connectivity index (χ0v) is 17.9. The van der Waals surface area contributed by atoms with E-state index in [1.165, 1.54) is 4.90 Å². The molecule has 5 nitrogen and oxygen atoms in total. The number of anilines is 4. The summed E-state index contributed by atoms with van der Waals surface area (Å²) in [5.74, 6) is 0.626. The van der Waals surface area contributed by atoms with Gasteiger partial charge in [0.05, 0.1) is 7.11 Å². The molecule has 0 saturated carbocycles. The number of nitrogens with zero attached hydrogens (tertiary/aromatic N) is 4. The highest BCUT2D eigenvalue weighted by Gasteiger charge is 2.37. The van der Waals surface area contributed by atoms with E-state index in [1.807, 2.05) is 12.1 Å². The van der Waals surface area contributed by atoms with Crippen LogP contribution in [0.4, 0.5) is 36.3 Å². The molecule has 164 valence electrons. The predicted molar refractivity (Wildman–Crippen MR) is 117 cm³/mol. The molecule has 31 heavy (non-hydrogen) atoms. The Morgan fingerprint density at radius 3 is 2.03 bits per heavy atom. The van der Waals surface area contributed by atoms with E-state index in [2.05, 4.69) is 16.9 Å². The van der Waals surface area contributed by atoms with Gasteiger partial charge in [-0.15, -0.1) is 0 Å². The molecule has 0 unspecified atom stereocenters. The summed E-state index contributed by atoms with van der Waals surface area (Å²) in [6.07, 6.45) is -1.83. The van der Waals surface area contributed by atoms with E-state index in [0.717, 1.165) is 30.3 Å². The fraction of sp³-hybridized carbons (Fsp3) is 0.304. The molecule has 1 heterocycles. The first-order valence-corrected chi connectivity index (χ1v) is 9.89. The normalized spacial score (nSPS) is 11.3. The van der Waals surface area contributed by atoms with Crippen LogP contribution in [0.1, 0.15) is 24.5 Å². The Hall–Kier alpha value is -3.29. The highest BCUT2D eigenvalue weighted by atomic mass is 19.4. The Morgan fingerprint density at radius 1 is 0.903 bits per heavy atom. The lowest BCUT2D eigenvalue weighted by Gasteiger charge is -2.25. The monoisotopic (exact) mass is 430 g/mol. The van der Waals surface area contributed by atoms with Crippen molar-refractivity contribution in [1.29, 1.82) is 0 Å². The number of aromatic nitrogens is 2. The summed E-state index contributed by atoms with van der Waals surface area (Å²) in [7, 11) is 4.84. The molecule has 0 fully saturated rings. The fourth-order valence-electron chi connectivity index (χ4n) is 3.20. The summed E-state index contributed by atoms with van der Waals surface area (Å²) in [5.41, 5.74) is 1.58. The van der Waals surface area contributed by atoms with Crippen molar-refractivity contribution in [3.05, 3.63) is 65.9 Å². The van der Waals surface area contributed by atoms with Crippen molar-refractivity contribution >= 4 is 23.1 Å². The van der Waals surface area contributed by atoms with Gasteiger partial charge < -0.3 is 14.5 Å². The number of methoxy groups -OCH3 is 1. The summed E-state index contributed by atoms with van der Waals surface area (Å²) >= 11 is 0. The Labute approximate surface area is 180 Å². The molecule has 8 heteroatoms. The van der Waals surface area contributed by atoms with Crippen LogP contribution in [0.25, 0.3) is 0 Å². The van der Waals surface area contributed by atoms with Crippen LogP contribution in [0, 0.1) is 0 Å². The summed E-state index contributed by atoms with van der Waals surface area (Å²) in [6.45, 7) is 2.08. The van der Waals surface area contributed by atoms with Crippen molar-refractivity contribution < 1.29 is 17.9 Å². The molecule has 0 radical (unpaired) electrons. The zero-order chi connectivity index (χ0) is 22.6. The summed E-state index contributed by atoms with van der Waals surface area (Å²) < 4.78 is 46.2. The Balaban J connectivity index is 2.00. The number of hydrogen-bond acceptors (Lipinski definition) is 5. The molecule has 0 aliphatic rings. The Kier molecular flexibility index (Phi) is 6.68. The van der Waals surface area contributed by atoms with Crippen LogP contribution in [0.2, 0.25) is 0 Å². The molecule has 0 bridgehead atoms. The molecule has 0 amide bonds. The van der Waals surface area contributed by atoms with Gasteiger partial charge in [-0.2, -0.15) is 18.2 Å². The second-order valence-electron chi connectivity index (χ2n) is 7.14. The van der Waals surface area contributed by atoms with Crippen molar-refractivity contribution in [1.82, 2.24) is 9.97 Å². The molecule has 3 aromatic rings. The largest absolute Gasteiger partial charge is 0.497 e. The van der Waals surface area contributed by atoms with Crippen LogP contribution < -0.4 is 14.5 Å². The van der Waals surface area contributed by atoms with E-state index < -0.39 is 11.7 Å². The molecule has 0 aliphatic carbocycles. The third kappa shape index (κ3) is 5.07. The SMILES string of the molecule is CCCc1ccc(N(C)c2nc(N(C)c3ccc(OC)cc3)ncc2C(F)(F)F)cc1. The van der Waals surface area contributed by atoms with E-state index in [-0.39, 0.29) is 11.8 Å². The topological polar surface area (TPSA) is 41.5 Å². The number of aryl methyl sites for hydroxylation is 1. The lowest BCUT2D eigenvalue weighted by Crippen LogP contribution is -2.21. The van der Waals surface area contributed by atoms with Crippen molar-refractivity contribution in [3.63, 3.8) is 0 Å². The maximum atomic E-state index is 13.7. The molecular weight excluding hydrogens is 405 g/mol. The third-order valence-electron chi connectivity index (χ3n) is 5.00. The van der Waals surface area contributed by atoms with Gasteiger partial charge in [-0.25, -0.2) is 4.98 Å². The van der Waals surface area contributed by atoms with Gasteiger partial charge in [0.1, 0.15) is 11.3 Å². The molecule has 0 atom stereocenters. The van der Waals surface area contributed by atoms with Gasteiger partial charge in [0, 0.05) is 31.7 Å².